The minimum Gasteiger partial charge on any atom is -0.501 e. The molecular weight excluding hydrogens is 114 g/mol. The maximum absolute atomic E-state index is 5.68. The Hall–Kier alpha value is -0.500. The topological polar surface area (TPSA) is 35.2 Å². The molecule has 0 bridgehead atoms. The van der Waals surface area contributed by atoms with Gasteiger partial charge >= 0.3 is 0 Å². The van der Waals surface area contributed by atoms with Gasteiger partial charge in [-0.15, -0.1) is 0 Å². The Kier molecular flexibility index (Phi) is 2.11. The molecule has 0 fully saturated rings. The lowest BCUT2D eigenvalue weighted by Crippen LogP contribution is -2.23. The third-order valence-electron chi connectivity index (χ3n) is 1.64. The highest BCUT2D eigenvalue weighted by atomic mass is 16.5. The molecule has 1 unspecified atom stereocenters. The monoisotopic (exact) mass is 127 g/mol. The van der Waals surface area contributed by atoms with Crippen LogP contribution in [0.5, 0.6) is 0 Å². The first-order chi connectivity index (χ1) is 4.33. The SMILES string of the molecule is COC1=CCCC(N)C1. The molecule has 1 rings (SSSR count). The van der Waals surface area contributed by atoms with E-state index in [0.717, 1.165) is 25.0 Å². The summed E-state index contributed by atoms with van der Waals surface area (Å²) >= 11 is 0. The van der Waals surface area contributed by atoms with Crippen LogP contribution in [0.25, 0.3) is 0 Å². The van der Waals surface area contributed by atoms with Gasteiger partial charge in [-0.3, -0.25) is 0 Å². The molecule has 1 aliphatic carbocycles. The molecule has 2 heteroatoms. The van der Waals surface area contributed by atoms with Crippen LogP contribution in [0.3, 0.4) is 0 Å². The first-order valence-electron chi connectivity index (χ1n) is 3.31. The van der Waals surface area contributed by atoms with Crippen molar-refractivity contribution in [3.63, 3.8) is 0 Å². The summed E-state index contributed by atoms with van der Waals surface area (Å²) in [5, 5.41) is 0. The van der Waals surface area contributed by atoms with Crippen LogP contribution in [-0.2, 0) is 4.74 Å². The van der Waals surface area contributed by atoms with Crippen LogP contribution in [-0.4, -0.2) is 13.2 Å². The smallest absolute Gasteiger partial charge is 0.0931 e. The standard InChI is InChI=1S/C7H13NO/c1-9-7-4-2-3-6(8)5-7/h4,6H,2-3,5,8H2,1H3. The highest BCUT2D eigenvalue weighted by molar-refractivity contribution is 5.00. The summed E-state index contributed by atoms with van der Waals surface area (Å²) in [6.45, 7) is 0. The number of hydrogen-bond donors (Lipinski definition) is 1. The van der Waals surface area contributed by atoms with Crippen LogP contribution >= 0.6 is 0 Å². The zero-order chi connectivity index (χ0) is 6.69. The Morgan fingerprint density at radius 1 is 1.78 bits per heavy atom. The summed E-state index contributed by atoms with van der Waals surface area (Å²) in [7, 11) is 1.70. The second-order valence-electron chi connectivity index (χ2n) is 2.42. The Morgan fingerprint density at radius 3 is 3.00 bits per heavy atom. The van der Waals surface area contributed by atoms with Crippen molar-refractivity contribution < 1.29 is 4.74 Å². The van der Waals surface area contributed by atoms with E-state index in [1.807, 2.05) is 0 Å². The van der Waals surface area contributed by atoms with E-state index in [1.165, 1.54) is 0 Å². The van der Waals surface area contributed by atoms with Crippen LogP contribution in [0.4, 0.5) is 0 Å². The van der Waals surface area contributed by atoms with E-state index in [1.54, 1.807) is 7.11 Å². The van der Waals surface area contributed by atoms with E-state index >= 15 is 0 Å². The molecule has 0 aromatic rings. The van der Waals surface area contributed by atoms with Gasteiger partial charge in [0.1, 0.15) is 0 Å². The van der Waals surface area contributed by atoms with Crippen LogP contribution in [0.15, 0.2) is 11.8 Å². The Labute approximate surface area is 55.7 Å². The Morgan fingerprint density at radius 2 is 2.56 bits per heavy atom. The fourth-order valence-corrected chi connectivity index (χ4v) is 1.07. The van der Waals surface area contributed by atoms with Crippen LogP contribution in [0.2, 0.25) is 0 Å². The van der Waals surface area contributed by atoms with Crippen molar-refractivity contribution in [2.75, 3.05) is 7.11 Å². The highest BCUT2D eigenvalue weighted by Gasteiger charge is 2.10. The zero-order valence-corrected chi connectivity index (χ0v) is 5.76. The third-order valence-corrected chi connectivity index (χ3v) is 1.64. The molecular formula is C7H13NO. The highest BCUT2D eigenvalue weighted by Crippen LogP contribution is 2.16. The van der Waals surface area contributed by atoms with Gasteiger partial charge in [-0.05, 0) is 18.9 Å². The largest absolute Gasteiger partial charge is 0.501 e. The summed E-state index contributed by atoms with van der Waals surface area (Å²) in [5.74, 6) is 1.05. The first-order valence-corrected chi connectivity index (χ1v) is 3.31. The van der Waals surface area contributed by atoms with Gasteiger partial charge < -0.3 is 10.5 Å². The maximum atomic E-state index is 5.68. The number of methoxy groups -OCH3 is 1. The van der Waals surface area contributed by atoms with Gasteiger partial charge in [-0.1, -0.05) is 0 Å². The molecule has 2 nitrogen and oxygen atoms in total. The van der Waals surface area contributed by atoms with Gasteiger partial charge in [-0.25, -0.2) is 0 Å². The number of hydrogen-bond acceptors (Lipinski definition) is 2. The average molecular weight is 127 g/mol. The van der Waals surface area contributed by atoms with Crippen molar-refractivity contribution in [1.29, 1.82) is 0 Å². The van der Waals surface area contributed by atoms with Gasteiger partial charge in [0, 0.05) is 12.5 Å². The van der Waals surface area contributed by atoms with Crippen molar-refractivity contribution in [3.05, 3.63) is 11.8 Å². The Balaban J connectivity index is 2.43. The molecule has 0 aromatic heterocycles. The zero-order valence-electron chi connectivity index (χ0n) is 5.76. The van der Waals surface area contributed by atoms with E-state index in [-0.39, 0.29) is 0 Å². The molecule has 0 heterocycles. The Bertz CT molecular complexity index is 120. The van der Waals surface area contributed by atoms with Gasteiger partial charge in [0.2, 0.25) is 0 Å². The number of rotatable bonds is 1. The average Bonchev–Trinajstić information content (AvgIpc) is 1.88. The molecule has 1 aliphatic rings. The first kappa shape index (κ1) is 6.62. The molecule has 2 N–H and O–H groups in total. The third kappa shape index (κ3) is 1.72. The normalized spacial score (nSPS) is 27.3. The van der Waals surface area contributed by atoms with E-state index < -0.39 is 0 Å². The number of nitrogens with two attached hydrogens (primary N) is 1. The van der Waals surface area contributed by atoms with Gasteiger partial charge in [0.25, 0.3) is 0 Å². The minimum atomic E-state index is 0.324. The molecule has 1 atom stereocenters. The predicted molar refractivity (Wildman–Crippen MR) is 36.9 cm³/mol. The van der Waals surface area contributed by atoms with Crippen molar-refractivity contribution in [2.45, 2.75) is 25.3 Å². The summed E-state index contributed by atoms with van der Waals surface area (Å²) in [5.41, 5.74) is 5.68. The molecule has 0 saturated heterocycles. The van der Waals surface area contributed by atoms with Crippen molar-refractivity contribution >= 4 is 0 Å². The molecule has 0 radical (unpaired) electrons. The summed E-state index contributed by atoms with van der Waals surface area (Å²) < 4.78 is 5.04. The molecule has 0 saturated carbocycles. The fraction of sp³-hybridized carbons (Fsp3) is 0.714. The van der Waals surface area contributed by atoms with Gasteiger partial charge in [-0.2, -0.15) is 0 Å². The second-order valence-corrected chi connectivity index (χ2v) is 2.42. The number of allylic oxidation sites excluding steroid dienone is 1. The lowest BCUT2D eigenvalue weighted by molar-refractivity contribution is 0.259. The van der Waals surface area contributed by atoms with Gasteiger partial charge in [0.15, 0.2) is 0 Å². The van der Waals surface area contributed by atoms with E-state index in [9.17, 15) is 0 Å². The predicted octanol–water partition coefficient (Wildman–Crippen LogP) is 1.03. The fourth-order valence-electron chi connectivity index (χ4n) is 1.07. The van der Waals surface area contributed by atoms with E-state index in [4.69, 9.17) is 10.5 Å². The van der Waals surface area contributed by atoms with Crippen molar-refractivity contribution in [1.82, 2.24) is 0 Å². The molecule has 9 heavy (non-hydrogen) atoms. The van der Waals surface area contributed by atoms with Crippen molar-refractivity contribution in [2.24, 2.45) is 5.73 Å². The molecule has 52 valence electrons. The van der Waals surface area contributed by atoms with E-state index in [0.29, 0.717) is 6.04 Å². The van der Waals surface area contributed by atoms with Gasteiger partial charge in [0.05, 0.1) is 12.9 Å². The summed E-state index contributed by atoms with van der Waals surface area (Å²) in [6.07, 6.45) is 5.21. The second kappa shape index (κ2) is 2.87. The van der Waals surface area contributed by atoms with Crippen LogP contribution in [0, 0.1) is 0 Å². The van der Waals surface area contributed by atoms with Crippen LogP contribution < -0.4 is 5.73 Å². The van der Waals surface area contributed by atoms with Crippen LogP contribution in [0.1, 0.15) is 19.3 Å². The molecule has 0 amide bonds. The van der Waals surface area contributed by atoms with Crippen molar-refractivity contribution in [3.8, 4) is 0 Å². The summed E-state index contributed by atoms with van der Waals surface area (Å²) in [4.78, 5) is 0. The molecule has 0 aliphatic heterocycles. The van der Waals surface area contributed by atoms with E-state index in [2.05, 4.69) is 6.08 Å². The maximum Gasteiger partial charge on any atom is 0.0931 e. The minimum absolute atomic E-state index is 0.324. The summed E-state index contributed by atoms with van der Waals surface area (Å²) in [6, 6.07) is 0.324. The lowest BCUT2D eigenvalue weighted by atomic mass is 10.0. The lowest BCUT2D eigenvalue weighted by Gasteiger charge is -2.17. The molecule has 0 spiro atoms. The molecule has 0 aromatic carbocycles. The number of ether oxygens (including phenoxy) is 1. The quantitative estimate of drug-likeness (QED) is 0.571.